The molecular formula is C21H30Cl2N4O4. The van der Waals surface area contributed by atoms with E-state index in [2.05, 4.69) is 6.92 Å². The fourth-order valence-electron chi connectivity index (χ4n) is 3.75. The van der Waals surface area contributed by atoms with Crippen molar-refractivity contribution in [2.45, 2.75) is 51.5 Å². The fourth-order valence-corrected chi connectivity index (χ4v) is 4.05. The summed E-state index contributed by atoms with van der Waals surface area (Å²) in [7, 11) is 0. The number of hydrogen-bond donors (Lipinski definition) is 2. The first-order chi connectivity index (χ1) is 14.8. The van der Waals surface area contributed by atoms with Gasteiger partial charge in [0.15, 0.2) is 0 Å². The largest absolute Gasteiger partial charge is 0.338 e. The van der Waals surface area contributed by atoms with Gasteiger partial charge in [0.05, 0.1) is 28.5 Å². The van der Waals surface area contributed by atoms with E-state index in [9.17, 15) is 19.6 Å². The number of hydroxylamine groups is 2. The van der Waals surface area contributed by atoms with Gasteiger partial charge in [-0.05, 0) is 37.5 Å². The topological polar surface area (TPSA) is 107 Å². The van der Waals surface area contributed by atoms with Crippen LogP contribution in [-0.4, -0.2) is 64.1 Å². The van der Waals surface area contributed by atoms with E-state index in [0.29, 0.717) is 53.0 Å². The lowest BCUT2D eigenvalue weighted by atomic mass is 9.97. The minimum atomic E-state index is -0.567. The molecule has 1 saturated heterocycles. The first-order valence-electron chi connectivity index (χ1n) is 10.5. The molecule has 1 aromatic carbocycles. The molecule has 172 valence electrons. The molecular weight excluding hydrogens is 443 g/mol. The Labute approximate surface area is 192 Å². The van der Waals surface area contributed by atoms with Crippen LogP contribution >= 0.6 is 23.2 Å². The first-order valence-corrected chi connectivity index (χ1v) is 11.3. The second kappa shape index (κ2) is 12.2. The summed E-state index contributed by atoms with van der Waals surface area (Å²) < 4.78 is 0. The summed E-state index contributed by atoms with van der Waals surface area (Å²) in [4.78, 5) is 38.2. The number of hydrazine groups is 1. The van der Waals surface area contributed by atoms with E-state index in [-0.39, 0.29) is 30.8 Å². The number of amides is 3. The Bertz CT molecular complexity index is 772. The van der Waals surface area contributed by atoms with E-state index in [4.69, 9.17) is 29.0 Å². The van der Waals surface area contributed by atoms with Crippen molar-refractivity contribution in [1.29, 1.82) is 0 Å². The molecule has 31 heavy (non-hydrogen) atoms. The van der Waals surface area contributed by atoms with Crippen molar-refractivity contribution < 1.29 is 19.6 Å². The Morgan fingerprint density at radius 2 is 1.94 bits per heavy atom. The van der Waals surface area contributed by atoms with E-state index >= 15 is 0 Å². The molecule has 10 heteroatoms. The number of carbonyl (C=O) groups is 3. The third-order valence-electron chi connectivity index (χ3n) is 5.60. The lowest BCUT2D eigenvalue weighted by Crippen LogP contribution is -2.54. The number of piperidine rings is 1. The van der Waals surface area contributed by atoms with Crippen LogP contribution in [0.1, 0.15) is 55.8 Å². The Morgan fingerprint density at radius 1 is 1.26 bits per heavy atom. The summed E-state index contributed by atoms with van der Waals surface area (Å²) in [5, 5.41) is 12.0. The molecule has 1 heterocycles. The van der Waals surface area contributed by atoms with E-state index in [1.807, 2.05) is 0 Å². The van der Waals surface area contributed by atoms with Gasteiger partial charge in [0.1, 0.15) is 0 Å². The van der Waals surface area contributed by atoms with E-state index in [0.717, 1.165) is 19.3 Å². The molecule has 0 aliphatic carbocycles. The molecule has 3 N–H and O–H groups in total. The van der Waals surface area contributed by atoms with E-state index in [1.54, 1.807) is 23.1 Å². The van der Waals surface area contributed by atoms with Gasteiger partial charge in [-0.1, -0.05) is 49.4 Å². The smallest absolute Gasteiger partial charge is 0.253 e. The molecule has 3 amide bonds. The SMILES string of the molecule is CCCCC[C@H](CN(O)C=O)C(=O)N(N)C1CCN(C(=O)c2ccc(Cl)c(Cl)c2)CC1. The third kappa shape index (κ3) is 7.07. The maximum Gasteiger partial charge on any atom is 0.253 e. The molecule has 1 fully saturated rings. The summed E-state index contributed by atoms with van der Waals surface area (Å²) >= 11 is 11.9. The number of likely N-dealkylation sites (tertiary alicyclic amines) is 1. The van der Waals surface area contributed by atoms with Gasteiger partial charge < -0.3 is 4.90 Å². The Kier molecular flexibility index (Phi) is 10.0. The van der Waals surface area contributed by atoms with Gasteiger partial charge in [-0.2, -0.15) is 0 Å². The highest BCUT2D eigenvalue weighted by Gasteiger charge is 2.32. The number of hydrogen-bond acceptors (Lipinski definition) is 5. The van der Waals surface area contributed by atoms with Gasteiger partial charge in [0.2, 0.25) is 12.3 Å². The second-order valence-corrected chi connectivity index (χ2v) is 8.63. The zero-order valence-corrected chi connectivity index (χ0v) is 19.2. The van der Waals surface area contributed by atoms with Crippen molar-refractivity contribution in [2.24, 2.45) is 11.8 Å². The summed E-state index contributed by atoms with van der Waals surface area (Å²) in [6, 6.07) is 4.55. The maximum absolute atomic E-state index is 12.9. The van der Waals surface area contributed by atoms with Crippen molar-refractivity contribution >= 4 is 41.4 Å². The van der Waals surface area contributed by atoms with Gasteiger partial charge in [-0.15, -0.1) is 0 Å². The summed E-state index contributed by atoms with van der Waals surface area (Å²) in [6.07, 6.45) is 4.66. The fraction of sp³-hybridized carbons (Fsp3) is 0.571. The second-order valence-electron chi connectivity index (χ2n) is 7.82. The van der Waals surface area contributed by atoms with Crippen molar-refractivity contribution in [3.63, 3.8) is 0 Å². The van der Waals surface area contributed by atoms with Crippen molar-refractivity contribution in [3.05, 3.63) is 33.8 Å². The molecule has 2 rings (SSSR count). The standard InChI is InChI=1S/C21H30Cl2N4O4/c1-2-3-4-5-16(13-26(31)14-28)21(30)27(24)17-8-10-25(11-9-17)20(29)15-6-7-18(22)19(23)12-15/h6-7,12,14,16-17,31H,2-5,8-11,13,24H2,1H3/t16-/m1/s1. The third-order valence-corrected chi connectivity index (χ3v) is 6.34. The lowest BCUT2D eigenvalue weighted by Gasteiger charge is -2.37. The lowest BCUT2D eigenvalue weighted by molar-refractivity contribution is -0.158. The molecule has 1 aliphatic rings. The molecule has 0 aromatic heterocycles. The van der Waals surface area contributed by atoms with Crippen LogP contribution in [0, 0.1) is 5.92 Å². The van der Waals surface area contributed by atoms with E-state index in [1.165, 1.54) is 5.01 Å². The minimum absolute atomic E-state index is 0.0889. The zero-order chi connectivity index (χ0) is 23.0. The highest BCUT2D eigenvalue weighted by atomic mass is 35.5. The summed E-state index contributed by atoms with van der Waals surface area (Å²) in [6.45, 7) is 2.87. The van der Waals surface area contributed by atoms with Crippen molar-refractivity contribution in [2.75, 3.05) is 19.6 Å². The van der Waals surface area contributed by atoms with Crippen LogP contribution in [0.15, 0.2) is 18.2 Å². The summed E-state index contributed by atoms with van der Waals surface area (Å²) in [5.74, 6) is 5.13. The normalized spacial score (nSPS) is 15.5. The highest BCUT2D eigenvalue weighted by molar-refractivity contribution is 6.42. The molecule has 1 aliphatic heterocycles. The molecule has 0 bridgehead atoms. The maximum atomic E-state index is 12.9. The molecule has 1 atom stereocenters. The highest BCUT2D eigenvalue weighted by Crippen LogP contribution is 2.25. The average Bonchev–Trinajstić information content (AvgIpc) is 2.78. The number of benzene rings is 1. The number of nitrogens with zero attached hydrogens (tertiary/aromatic N) is 3. The Hall–Kier alpha value is -1.87. The van der Waals surface area contributed by atoms with Gasteiger partial charge >= 0.3 is 0 Å². The van der Waals surface area contributed by atoms with E-state index < -0.39 is 5.92 Å². The molecule has 0 spiro atoms. The van der Waals surface area contributed by atoms with Crippen LogP contribution < -0.4 is 5.84 Å². The quantitative estimate of drug-likeness (QED) is 0.135. The number of nitrogens with two attached hydrogens (primary N) is 1. The Balaban J connectivity index is 1.95. The van der Waals surface area contributed by atoms with Gasteiger partial charge in [0, 0.05) is 18.7 Å². The predicted molar refractivity (Wildman–Crippen MR) is 119 cm³/mol. The van der Waals surface area contributed by atoms with Crippen molar-refractivity contribution in [3.8, 4) is 0 Å². The van der Waals surface area contributed by atoms with Crippen LogP contribution in [0.25, 0.3) is 0 Å². The molecule has 1 aromatic rings. The molecule has 0 unspecified atom stereocenters. The van der Waals surface area contributed by atoms with Crippen LogP contribution in [0.2, 0.25) is 10.0 Å². The molecule has 8 nitrogen and oxygen atoms in total. The van der Waals surface area contributed by atoms with Crippen molar-refractivity contribution in [1.82, 2.24) is 15.0 Å². The average molecular weight is 473 g/mol. The van der Waals surface area contributed by atoms with Crippen LogP contribution in [0.4, 0.5) is 0 Å². The predicted octanol–water partition coefficient (Wildman–Crippen LogP) is 3.34. The number of halogens is 2. The van der Waals surface area contributed by atoms with Gasteiger partial charge in [0.25, 0.3) is 5.91 Å². The van der Waals surface area contributed by atoms with Gasteiger partial charge in [-0.25, -0.2) is 10.9 Å². The monoisotopic (exact) mass is 472 g/mol. The summed E-state index contributed by atoms with van der Waals surface area (Å²) in [5.41, 5.74) is 0.460. The Morgan fingerprint density at radius 3 is 2.52 bits per heavy atom. The molecule has 0 radical (unpaired) electrons. The van der Waals surface area contributed by atoms with Crippen LogP contribution in [0.5, 0.6) is 0 Å². The van der Waals surface area contributed by atoms with Gasteiger partial charge in [-0.3, -0.25) is 24.6 Å². The molecule has 0 saturated carbocycles. The number of unbranched alkanes of at least 4 members (excludes halogenated alkanes) is 2. The first kappa shape index (κ1) is 25.4. The van der Waals surface area contributed by atoms with Crippen LogP contribution in [0.3, 0.4) is 0 Å². The number of rotatable bonds is 10. The number of carbonyl (C=O) groups excluding carboxylic acids is 3. The van der Waals surface area contributed by atoms with Crippen LogP contribution in [-0.2, 0) is 9.59 Å². The zero-order valence-electron chi connectivity index (χ0n) is 17.7. The minimum Gasteiger partial charge on any atom is -0.338 e.